The molecule has 0 radical (unpaired) electrons. The Bertz CT molecular complexity index is 1210. The third-order valence-electron chi connectivity index (χ3n) is 4.70. The van der Waals surface area contributed by atoms with E-state index in [4.69, 9.17) is 17.0 Å². The zero-order valence-corrected chi connectivity index (χ0v) is 19.8. The van der Waals surface area contributed by atoms with Crippen molar-refractivity contribution in [1.82, 2.24) is 14.5 Å². The molecule has 1 aromatic carbocycles. The van der Waals surface area contributed by atoms with Crippen LogP contribution in [0, 0.1) is 0 Å². The number of thiocarbonyl (C=S) groups is 1. The van der Waals surface area contributed by atoms with Crippen molar-refractivity contribution in [3.8, 4) is 0 Å². The molecule has 0 N–H and O–H groups in total. The molecule has 31 heavy (non-hydrogen) atoms. The van der Waals surface area contributed by atoms with Crippen LogP contribution in [0.15, 0.2) is 58.3 Å². The van der Waals surface area contributed by atoms with E-state index in [1.165, 1.54) is 11.8 Å². The van der Waals surface area contributed by atoms with E-state index >= 15 is 0 Å². The fourth-order valence-electron chi connectivity index (χ4n) is 3.34. The van der Waals surface area contributed by atoms with Crippen LogP contribution in [-0.2, 0) is 27.4 Å². The zero-order chi connectivity index (χ0) is 22.0. The molecule has 0 bridgehead atoms. The summed E-state index contributed by atoms with van der Waals surface area (Å²) >= 11 is 10.2. The molecule has 3 heterocycles. The number of nitrogens with zero attached hydrogens (tertiary/aromatic N) is 3. The van der Waals surface area contributed by atoms with E-state index in [0.29, 0.717) is 22.4 Å². The summed E-state index contributed by atoms with van der Waals surface area (Å²) < 4.78 is 8.35. The third-order valence-corrected chi connectivity index (χ3v) is 6.57. The fourth-order valence-corrected chi connectivity index (χ4v) is 4.95. The van der Waals surface area contributed by atoms with Crippen molar-refractivity contribution in [3.05, 3.63) is 69.4 Å². The van der Waals surface area contributed by atoms with Gasteiger partial charge in [-0.2, -0.15) is 0 Å². The van der Waals surface area contributed by atoms with Crippen LogP contribution in [-0.4, -0.2) is 37.3 Å². The highest BCUT2D eigenvalue weighted by molar-refractivity contribution is 9.10. The molecule has 1 fully saturated rings. The molecule has 0 unspecified atom stereocenters. The number of hydrogen-bond acceptors (Lipinski definition) is 6. The highest BCUT2D eigenvalue weighted by atomic mass is 79.9. The molecular weight excluding hydrogens is 498 g/mol. The molecule has 1 aliphatic heterocycles. The van der Waals surface area contributed by atoms with E-state index in [0.717, 1.165) is 26.5 Å². The van der Waals surface area contributed by atoms with Gasteiger partial charge in [0.2, 0.25) is 0 Å². The van der Waals surface area contributed by atoms with E-state index in [-0.39, 0.29) is 18.4 Å². The maximum atomic E-state index is 13.0. The predicted molar refractivity (Wildman–Crippen MR) is 129 cm³/mol. The zero-order valence-electron chi connectivity index (χ0n) is 16.6. The van der Waals surface area contributed by atoms with Crippen molar-refractivity contribution in [2.45, 2.75) is 20.0 Å². The summed E-state index contributed by atoms with van der Waals surface area (Å²) in [6, 6.07) is 9.57. The van der Waals surface area contributed by atoms with Crippen LogP contribution in [0.1, 0.15) is 18.1 Å². The van der Waals surface area contributed by atoms with Gasteiger partial charge >= 0.3 is 5.97 Å². The average Bonchev–Trinajstić information content (AvgIpc) is 3.20. The number of halogens is 1. The first-order valence-electron chi connectivity index (χ1n) is 9.54. The molecule has 1 aliphatic rings. The van der Waals surface area contributed by atoms with Crippen LogP contribution < -0.4 is 0 Å². The number of carbonyl (C=O) groups is 2. The van der Waals surface area contributed by atoms with E-state index in [9.17, 15) is 9.59 Å². The van der Waals surface area contributed by atoms with Gasteiger partial charge in [0.15, 0.2) is 0 Å². The molecule has 0 atom stereocenters. The lowest BCUT2D eigenvalue weighted by Crippen LogP contribution is -2.27. The van der Waals surface area contributed by atoms with Gasteiger partial charge in [-0.15, -0.1) is 0 Å². The fraction of sp³-hybridized carbons (Fsp3) is 0.182. The normalized spacial score (nSPS) is 15.3. The summed E-state index contributed by atoms with van der Waals surface area (Å²) in [7, 11) is 0. The summed E-state index contributed by atoms with van der Waals surface area (Å²) in [6.45, 7) is 2.59. The summed E-state index contributed by atoms with van der Waals surface area (Å²) in [5.74, 6) is -0.447. The first-order valence-corrected chi connectivity index (χ1v) is 11.6. The molecule has 3 aromatic rings. The first kappa shape index (κ1) is 21.7. The van der Waals surface area contributed by atoms with Crippen molar-refractivity contribution < 1.29 is 14.3 Å². The molecular formula is C22H18BrN3O3S2. The van der Waals surface area contributed by atoms with Gasteiger partial charge < -0.3 is 9.30 Å². The van der Waals surface area contributed by atoms with Gasteiger partial charge in [-0.25, -0.2) is 0 Å². The van der Waals surface area contributed by atoms with Crippen molar-refractivity contribution >= 4 is 73.1 Å². The Morgan fingerprint density at radius 1 is 1.35 bits per heavy atom. The molecule has 1 amide bonds. The number of esters is 1. The van der Waals surface area contributed by atoms with Crippen LogP contribution in [0.25, 0.3) is 17.0 Å². The lowest BCUT2D eigenvalue weighted by molar-refractivity contribution is -0.143. The smallest absolute Gasteiger partial charge is 0.325 e. The van der Waals surface area contributed by atoms with Gasteiger partial charge in [-0.3, -0.25) is 19.5 Å². The molecule has 0 saturated carbocycles. The molecule has 6 nitrogen and oxygen atoms in total. The summed E-state index contributed by atoms with van der Waals surface area (Å²) in [5, 5.41) is 0.927. The quantitative estimate of drug-likeness (QED) is 0.268. The van der Waals surface area contributed by atoms with Crippen molar-refractivity contribution in [2.24, 2.45) is 0 Å². The lowest BCUT2D eigenvalue weighted by Gasteiger charge is -2.13. The Morgan fingerprint density at radius 2 is 2.19 bits per heavy atom. The number of aromatic nitrogens is 2. The van der Waals surface area contributed by atoms with E-state index in [1.54, 1.807) is 24.2 Å². The molecule has 4 rings (SSSR count). The van der Waals surface area contributed by atoms with Crippen LogP contribution in [0.2, 0.25) is 0 Å². The molecule has 158 valence electrons. The van der Waals surface area contributed by atoms with Crippen LogP contribution in [0.4, 0.5) is 0 Å². The molecule has 2 aromatic heterocycles. The Morgan fingerprint density at radius 3 is 2.94 bits per heavy atom. The number of pyridine rings is 1. The summed E-state index contributed by atoms with van der Waals surface area (Å²) in [6.07, 6.45) is 7.11. The number of thioether (sulfide) groups is 1. The van der Waals surface area contributed by atoms with E-state index in [1.807, 2.05) is 47.2 Å². The largest absolute Gasteiger partial charge is 0.465 e. The van der Waals surface area contributed by atoms with Gasteiger partial charge in [0.25, 0.3) is 5.91 Å². The maximum Gasteiger partial charge on any atom is 0.325 e. The van der Waals surface area contributed by atoms with Crippen molar-refractivity contribution in [2.75, 3.05) is 6.61 Å². The molecule has 0 spiro atoms. The maximum absolute atomic E-state index is 13.0. The van der Waals surface area contributed by atoms with Gasteiger partial charge in [0.1, 0.15) is 10.9 Å². The first-order chi connectivity index (χ1) is 15.0. The Balaban J connectivity index is 1.67. The summed E-state index contributed by atoms with van der Waals surface area (Å²) in [5.41, 5.74) is 2.63. The molecule has 0 aliphatic carbocycles. The highest BCUT2D eigenvalue weighted by Crippen LogP contribution is 2.35. The lowest BCUT2D eigenvalue weighted by atomic mass is 10.1. The number of rotatable bonds is 6. The number of ether oxygens (including phenoxy) is 1. The third kappa shape index (κ3) is 4.73. The number of amides is 1. The molecule has 9 heteroatoms. The average molecular weight is 516 g/mol. The molecule has 1 saturated heterocycles. The van der Waals surface area contributed by atoms with Gasteiger partial charge in [-0.05, 0) is 42.8 Å². The van der Waals surface area contributed by atoms with Crippen LogP contribution >= 0.6 is 39.9 Å². The minimum Gasteiger partial charge on any atom is -0.465 e. The van der Waals surface area contributed by atoms with Crippen molar-refractivity contribution in [1.29, 1.82) is 0 Å². The monoisotopic (exact) mass is 515 g/mol. The SMILES string of the molecule is CCOC(=O)Cn1cc(/C=C2\SC(=S)N(Cc3cccnc3)C2=O)c2cc(Br)ccc21. The highest BCUT2D eigenvalue weighted by Gasteiger charge is 2.32. The van der Waals surface area contributed by atoms with Crippen molar-refractivity contribution in [3.63, 3.8) is 0 Å². The van der Waals surface area contributed by atoms with Gasteiger partial charge in [0, 0.05) is 39.5 Å². The Kier molecular flexibility index (Phi) is 6.54. The number of fused-ring (bicyclic) bond motifs is 1. The number of benzene rings is 1. The minimum absolute atomic E-state index is 0.0990. The second kappa shape index (κ2) is 9.33. The number of hydrogen-bond donors (Lipinski definition) is 0. The second-order valence-electron chi connectivity index (χ2n) is 6.81. The predicted octanol–water partition coefficient (Wildman–Crippen LogP) is 4.76. The Labute approximate surface area is 197 Å². The second-order valence-corrected chi connectivity index (χ2v) is 9.40. The number of carbonyl (C=O) groups excluding carboxylic acids is 2. The van der Waals surface area contributed by atoms with Crippen LogP contribution in [0.3, 0.4) is 0 Å². The Hall–Kier alpha value is -2.49. The van der Waals surface area contributed by atoms with E-state index in [2.05, 4.69) is 20.9 Å². The summed E-state index contributed by atoms with van der Waals surface area (Å²) in [4.78, 5) is 31.3. The minimum atomic E-state index is -0.309. The standard InChI is InChI=1S/C22H18BrN3O3S2/c1-2-29-20(27)13-25-12-15(17-9-16(23)5-6-18(17)25)8-19-21(28)26(22(30)31-19)11-14-4-3-7-24-10-14/h3-10,12H,2,11,13H2,1H3/b19-8-. The van der Waals surface area contributed by atoms with Gasteiger partial charge in [0.05, 0.1) is 18.1 Å². The van der Waals surface area contributed by atoms with E-state index < -0.39 is 0 Å². The van der Waals surface area contributed by atoms with Crippen LogP contribution in [0.5, 0.6) is 0 Å². The van der Waals surface area contributed by atoms with Gasteiger partial charge in [-0.1, -0.05) is 46.0 Å². The topological polar surface area (TPSA) is 64.4 Å².